The monoisotopic (exact) mass is 290 g/mol. The van der Waals surface area contributed by atoms with Crippen molar-refractivity contribution >= 4 is 17.3 Å². The highest BCUT2D eigenvalue weighted by Gasteiger charge is 2.13. The lowest BCUT2D eigenvalue weighted by Gasteiger charge is -2.10. The van der Waals surface area contributed by atoms with Gasteiger partial charge in [0.05, 0.1) is 30.0 Å². The van der Waals surface area contributed by atoms with Gasteiger partial charge in [-0.3, -0.25) is 19.6 Å². The van der Waals surface area contributed by atoms with Crippen LogP contribution in [0.25, 0.3) is 0 Å². The molecular formula is C13H14N4O4. The topological polar surface area (TPSA) is 99.3 Å². The van der Waals surface area contributed by atoms with Crippen LogP contribution in [-0.2, 0) is 11.3 Å². The zero-order valence-electron chi connectivity index (χ0n) is 11.6. The van der Waals surface area contributed by atoms with Crippen molar-refractivity contribution < 1.29 is 14.5 Å². The normalized spacial score (nSPS) is 10.2. The van der Waals surface area contributed by atoms with Gasteiger partial charge in [-0.05, 0) is 18.6 Å². The van der Waals surface area contributed by atoms with Gasteiger partial charge in [0, 0.05) is 12.3 Å². The molecule has 0 aliphatic carbocycles. The lowest BCUT2D eigenvalue weighted by Crippen LogP contribution is -2.19. The Labute approximate surface area is 120 Å². The Morgan fingerprint density at radius 2 is 2.29 bits per heavy atom. The number of hydrogen-bond acceptors (Lipinski definition) is 5. The second-order valence-electron chi connectivity index (χ2n) is 4.41. The molecule has 1 amide bonds. The third kappa shape index (κ3) is 3.56. The van der Waals surface area contributed by atoms with Gasteiger partial charge in [0.1, 0.15) is 12.3 Å². The number of aryl methyl sites for hydroxylation is 1. The van der Waals surface area contributed by atoms with Crippen molar-refractivity contribution in [3.63, 3.8) is 0 Å². The Hall–Kier alpha value is -2.90. The molecule has 1 aromatic heterocycles. The number of carbonyl (C=O) groups excluding carboxylic acids is 1. The minimum absolute atomic E-state index is 0.0496. The van der Waals surface area contributed by atoms with Crippen LogP contribution < -0.4 is 10.1 Å². The first kappa shape index (κ1) is 14.5. The number of hydrogen-bond donors (Lipinski definition) is 1. The number of rotatable bonds is 5. The lowest BCUT2D eigenvalue weighted by molar-refractivity contribution is -0.384. The van der Waals surface area contributed by atoms with E-state index in [1.54, 1.807) is 12.4 Å². The summed E-state index contributed by atoms with van der Waals surface area (Å²) in [6.07, 6.45) is 3.40. The van der Waals surface area contributed by atoms with E-state index in [4.69, 9.17) is 4.74 Å². The number of nitrogens with one attached hydrogen (secondary N) is 1. The van der Waals surface area contributed by atoms with Crippen molar-refractivity contribution in [1.82, 2.24) is 9.78 Å². The van der Waals surface area contributed by atoms with Gasteiger partial charge in [0.25, 0.3) is 5.69 Å². The first-order chi connectivity index (χ1) is 9.99. The van der Waals surface area contributed by atoms with Gasteiger partial charge in [-0.25, -0.2) is 0 Å². The number of carbonyl (C=O) groups is 1. The maximum absolute atomic E-state index is 11.9. The van der Waals surface area contributed by atoms with Crippen LogP contribution in [0.15, 0.2) is 30.6 Å². The van der Waals surface area contributed by atoms with Crippen LogP contribution >= 0.6 is 0 Å². The molecule has 0 aliphatic rings. The Balaban J connectivity index is 2.11. The fourth-order valence-electron chi connectivity index (χ4n) is 1.79. The first-order valence-electron chi connectivity index (χ1n) is 6.11. The minimum Gasteiger partial charge on any atom is -0.494 e. The zero-order chi connectivity index (χ0) is 15.4. The predicted molar refractivity (Wildman–Crippen MR) is 75.2 cm³/mol. The summed E-state index contributed by atoms with van der Waals surface area (Å²) < 4.78 is 6.55. The maximum atomic E-state index is 11.9. The zero-order valence-corrected chi connectivity index (χ0v) is 11.6. The standard InChI is InChI=1S/C13H14N4O4/c1-9-6-14-16(7-9)8-13(18)15-11-4-3-10(17(19)20)5-12(11)21-2/h3-7H,8H2,1-2H3,(H,15,18). The van der Waals surface area contributed by atoms with Gasteiger partial charge in [0.2, 0.25) is 5.91 Å². The van der Waals surface area contributed by atoms with Crippen molar-refractivity contribution in [3.8, 4) is 5.75 Å². The molecule has 0 unspecified atom stereocenters. The number of nitrogens with zero attached hydrogens (tertiary/aromatic N) is 3. The highest BCUT2D eigenvalue weighted by atomic mass is 16.6. The largest absolute Gasteiger partial charge is 0.494 e. The third-order valence-electron chi connectivity index (χ3n) is 2.74. The smallest absolute Gasteiger partial charge is 0.273 e. The van der Waals surface area contributed by atoms with E-state index in [2.05, 4.69) is 10.4 Å². The average molecular weight is 290 g/mol. The van der Waals surface area contributed by atoms with Crippen LogP contribution in [0.4, 0.5) is 11.4 Å². The molecule has 1 heterocycles. The SMILES string of the molecule is COc1cc([N+](=O)[O-])ccc1NC(=O)Cn1cc(C)cn1. The summed E-state index contributed by atoms with van der Waals surface area (Å²) in [5.74, 6) is -0.0700. The van der Waals surface area contributed by atoms with Crippen LogP contribution in [0, 0.1) is 17.0 Å². The Morgan fingerprint density at radius 1 is 1.52 bits per heavy atom. The van der Waals surface area contributed by atoms with Crippen LogP contribution in [0.1, 0.15) is 5.56 Å². The van der Waals surface area contributed by atoms with E-state index in [0.29, 0.717) is 5.69 Å². The van der Waals surface area contributed by atoms with Crippen LogP contribution in [-0.4, -0.2) is 27.7 Å². The van der Waals surface area contributed by atoms with Gasteiger partial charge in [-0.2, -0.15) is 5.10 Å². The van der Waals surface area contributed by atoms with E-state index >= 15 is 0 Å². The molecule has 110 valence electrons. The van der Waals surface area contributed by atoms with E-state index in [9.17, 15) is 14.9 Å². The number of methoxy groups -OCH3 is 1. The fourth-order valence-corrected chi connectivity index (χ4v) is 1.79. The molecule has 0 fully saturated rings. The predicted octanol–water partition coefficient (Wildman–Crippen LogP) is 1.75. The lowest BCUT2D eigenvalue weighted by atomic mass is 10.2. The average Bonchev–Trinajstić information content (AvgIpc) is 2.84. The molecule has 0 aliphatic heterocycles. The van der Waals surface area contributed by atoms with Crippen molar-refractivity contribution in [3.05, 3.63) is 46.3 Å². The molecule has 0 atom stereocenters. The summed E-state index contributed by atoms with van der Waals surface area (Å²) in [7, 11) is 1.38. The van der Waals surface area contributed by atoms with Gasteiger partial charge in [-0.15, -0.1) is 0 Å². The fraction of sp³-hybridized carbons (Fsp3) is 0.231. The van der Waals surface area contributed by atoms with Crippen molar-refractivity contribution in [2.45, 2.75) is 13.5 Å². The number of non-ortho nitro benzene ring substituents is 1. The number of nitro groups is 1. The molecule has 2 rings (SSSR count). The van der Waals surface area contributed by atoms with Gasteiger partial charge in [0.15, 0.2) is 0 Å². The molecule has 0 spiro atoms. The number of amides is 1. The molecule has 1 aromatic carbocycles. The summed E-state index contributed by atoms with van der Waals surface area (Å²) >= 11 is 0. The van der Waals surface area contributed by atoms with E-state index in [1.807, 2.05) is 6.92 Å². The molecule has 0 bridgehead atoms. The summed E-state index contributed by atoms with van der Waals surface area (Å²) in [6, 6.07) is 3.99. The summed E-state index contributed by atoms with van der Waals surface area (Å²) in [6.45, 7) is 1.93. The maximum Gasteiger partial charge on any atom is 0.273 e. The van der Waals surface area contributed by atoms with Gasteiger partial charge in [-0.1, -0.05) is 0 Å². The van der Waals surface area contributed by atoms with E-state index < -0.39 is 4.92 Å². The molecule has 0 saturated heterocycles. The molecule has 1 N–H and O–H groups in total. The molecule has 21 heavy (non-hydrogen) atoms. The highest BCUT2D eigenvalue weighted by molar-refractivity contribution is 5.92. The molecule has 2 aromatic rings. The quantitative estimate of drug-likeness (QED) is 0.668. The summed E-state index contributed by atoms with van der Waals surface area (Å²) in [5.41, 5.74) is 1.22. The second kappa shape index (κ2) is 6.04. The molecule has 8 nitrogen and oxygen atoms in total. The number of aromatic nitrogens is 2. The van der Waals surface area contributed by atoms with Crippen LogP contribution in [0.3, 0.4) is 0 Å². The number of nitro benzene ring substituents is 1. The minimum atomic E-state index is -0.527. The second-order valence-corrected chi connectivity index (χ2v) is 4.41. The van der Waals surface area contributed by atoms with Gasteiger partial charge < -0.3 is 10.1 Å². The Morgan fingerprint density at radius 3 is 2.86 bits per heavy atom. The first-order valence-corrected chi connectivity index (χ1v) is 6.11. The van der Waals surface area contributed by atoms with E-state index in [1.165, 1.54) is 30.0 Å². The van der Waals surface area contributed by atoms with Gasteiger partial charge >= 0.3 is 0 Å². The Kier molecular flexibility index (Phi) is 4.17. The molecular weight excluding hydrogens is 276 g/mol. The van der Waals surface area contributed by atoms with E-state index in [-0.39, 0.29) is 23.9 Å². The number of anilines is 1. The summed E-state index contributed by atoms with van der Waals surface area (Å²) in [4.78, 5) is 22.1. The van der Waals surface area contributed by atoms with E-state index in [0.717, 1.165) is 5.56 Å². The van der Waals surface area contributed by atoms with Crippen LogP contribution in [0.5, 0.6) is 5.75 Å². The molecule has 8 heteroatoms. The Bertz CT molecular complexity index is 681. The summed E-state index contributed by atoms with van der Waals surface area (Å²) in [5, 5.41) is 17.3. The van der Waals surface area contributed by atoms with Crippen molar-refractivity contribution in [1.29, 1.82) is 0 Å². The third-order valence-corrected chi connectivity index (χ3v) is 2.74. The van der Waals surface area contributed by atoms with Crippen molar-refractivity contribution in [2.24, 2.45) is 0 Å². The number of ether oxygens (including phenoxy) is 1. The highest BCUT2D eigenvalue weighted by Crippen LogP contribution is 2.28. The molecule has 0 saturated carbocycles. The van der Waals surface area contributed by atoms with Crippen LogP contribution in [0.2, 0.25) is 0 Å². The van der Waals surface area contributed by atoms with Crippen molar-refractivity contribution in [2.75, 3.05) is 12.4 Å². The molecule has 0 radical (unpaired) electrons. The number of benzene rings is 1.